The molecule has 2 aromatic carbocycles. The van der Waals surface area contributed by atoms with Crippen LogP contribution in [-0.4, -0.2) is 64.7 Å². The van der Waals surface area contributed by atoms with E-state index >= 15 is 0 Å². The third-order valence-corrected chi connectivity index (χ3v) is 5.80. The Morgan fingerprint density at radius 1 is 1.15 bits per heavy atom. The second kappa shape index (κ2) is 13.3. The Morgan fingerprint density at radius 2 is 1.91 bits per heavy atom. The molecule has 1 amide bonds. The fraction of sp³-hybridized carbons (Fsp3) is 0.440. The lowest BCUT2D eigenvalue weighted by atomic mass is 10.1. The number of halogens is 1. The lowest BCUT2D eigenvalue weighted by Gasteiger charge is -2.22. The van der Waals surface area contributed by atoms with E-state index in [0.717, 1.165) is 55.5 Å². The summed E-state index contributed by atoms with van der Waals surface area (Å²) in [5.74, 6) is 2.48. The van der Waals surface area contributed by atoms with E-state index in [0.29, 0.717) is 13.0 Å². The molecule has 0 unspecified atom stereocenters. The number of anilines is 1. The van der Waals surface area contributed by atoms with Crippen LogP contribution in [0.4, 0.5) is 5.69 Å². The van der Waals surface area contributed by atoms with Crippen LogP contribution in [0.5, 0.6) is 11.5 Å². The van der Waals surface area contributed by atoms with E-state index in [1.807, 2.05) is 48.3 Å². The Kier molecular flexibility index (Phi) is 10.8. The number of ether oxygens (including phenoxy) is 2. The SMILES string of the molecule is CN=C(NCCCC(=O)N1CCc2ccccc21)N(C)CCc1ccc(OC)c(OC)c1.I. The number of carbonyl (C=O) groups excluding carboxylic acids is 1. The zero-order valence-corrected chi connectivity index (χ0v) is 22.3. The summed E-state index contributed by atoms with van der Waals surface area (Å²) in [7, 11) is 7.08. The predicted octanol–water partition coefficient (Wildman–Crippen LogP) is 3.74. The molecule has 1 aliphatic rings. The number of rotatable bonds is 9. The second-order valence-electron chi connectivity index (χ2n) is 7.86. The summed E-state index contributed by atoms with van der Waals surface area (Å²) in [5, 5.41) is 3.37. The Balaban J connectivity index is 0.00000385. The molecule has 180 valence electrons. The average Bonchev–Trinajstić information content (AvgIpc) is 3.26. The van der Waals surface area contributed by atoms with Crippen LogP contribution in [-0.2, 0) is 17.6 Å². The summed E-state index contributed by atoms with van der Waals surface area (Å²) in [6, 6.07) is 14.1. The van der Waals surface area contributed by atoms with Crippen LogP contribution < -0.4 is 19.7 Å². The maximum absolute atomic E-state index is 12.7. The normalized spacial score (nSPS) is 12.6. The number of para-hydroxylation sites is 1. The summed E-state index contributed by atoms with van der Waals surface area (Å²) in [4.78, 5) is 21.0. The van der Waals surface area contributed by atoms with Crippen molar-refractivity contribution in [3.05, 3.63) is 53.6 Å². The van der Waals surface area contributed by atoms with Gasteiger partial charge in [-0.3, -0.25) is 9.79 Å². The molecule has 0 fully saturated rings. The molecule has 1 N–H and O–H groups in total. The molecule has 0 radical (unpaired) electrons. The molecule has 7 nitrogen and oxygen atoms in total. The second-order valence-corrected chi connectivity index (χ2v) is 7.86. The van der Waals surface area contributed by atoms with Crippen molar-refractivity contribution in [3.63, 3.8) is 0 Å². The quantitative estimate of drug-likeness (QED) is 0.217. The first-order chi connectivity index (χ1) is 15.6. The number of benzene rings is 2. The fourth-order valence-electron chi connectivity index (χ4n) is 4.00. The molecule has 0 atom stereocenters. The van der Waals surface area contributed by atoms with Gasteiger partial charge in [-0.15, -0.1) is 24.0 Å². The van der Waals surface area contributed by atoms with Crippen molar-refractivity contribution in [1.82, 2.24) is 10.2 Å². The van der Waals surface area contributed by atoms with Crippen molar-refractivity contribution in [2.24, 2.45) is 4.99 Å². The largest absolute Gasteiger partial charge is 0.493 e. The molecule has 0 saturated heterocycles. The van der Waals surface area contributed by atoms with E-state index in [2.05, 4.69) is 21.3 Å². The van der Waals surface area contributed by atoms with Gasteiger partial charge in [0.15, 0.2) is 17.5 Å². The molecule has 3 rings (SSSR count). The standard InChI is InChI=1S/C25H34N4O3.HI/c1-26-25(28(2)16-13-19-11-12-22(31-3)23(18-19)32-4)27-15-7-10-24(30)29-17-14-20-8-5-6-9-21(20)29;/h5-6,8-9,11-12,18H,7,10,13-17H2,1-4H3,(H,26,27);1H. The Morgan fingerprint density at radius 3 is 2.64 bits per heavy atom. The van der Waals surface area contributed by atoms with E-state index < -0.39 is 0 Å². The Labute approximate surface area is 214 Å². The van der Waals surface area contributed by atoms with Gasteiger partial charge in [-0.25, -0.2) is 0 Å². The lowest BCUT2D eigenvalue weighted by molar-refractivity contribution is -0.118. The molecular formula is C25H35IN4O3. The van der Waals surface area contributed by atoms with Gasteiger partial charge in [0.25, 0.3) is 0 Å². The number of hydrogen-bond donors (Lipinski definition) is 1. The van der Waals surface area contributed by atoms with Gasteiger partial charge in [0.1, 0.15) is 0 Å². The van der Waals surface area contributed by atoms with Crippen molar-refractivity contribution < 1.29 is 14.3 Å². The number of guanidine groups is 1. The van der Waals surface area contributed by atoms with Gasteiger partial charge >= 0.3 is 0 Å². The molecule has 0 aliphatic carbocycles. The topological polar surface area (TPSA) is 66.4 Å². The highest BCUT2D eigenvalue weighted by atomic mass is 127. The zero-order valence-electron chi connectivity index (χ0n) is 20.0. The highest BCUT2D eigenvalue weighted by Gasteiger charge is 2.23. The van der Waals surface area contributed by atoms with Crippen LogP contribution in [0.2, 0.25) is 0 Å². The van der Waals surface area contributed by atoms with E-state index in [9.17, 15) is 4.79 Å². The van der Waals surface area contributed by atoms with Crippen molar-refractivity contribution in [2.75, 3.05) is 52.8 Å². The van der Waals surface area contributed by atoms with E-state index in [1.165, 1.54) is 11.1 Å². The molecular weight excluding hydrogens is 531 g/mol. The number of methoxy groups -OCH3 is 2. The minimum absolute atomic E-state index is 0. The van der Waals surface area contributed by atoms with Crippen LogP contribution in [0.25, 0.3) is 0 Å². The first kappa shape index (κ1) is 26.8. The molecule has 33 heavy (non-hydrogen) atoms. The first-order valence-corrected chi connectivity index (χ1v) is 11.1. The van der Waals surface area contributed by atoms with Gasteiger partial charge in [-0.1, -0.05) is 24.3 Å². The van der Waals surface area contributed by atoms with Crippen molar-refractivity contribution in [3.8, 4) is 11.5 Å². The number of nitrogens with zero attached hydrogens (tertiary/aromatic N) is 3. The third kappa shape index (κ3) is 6.99. The Hall–Kier alpha value is -2.49. The number of nitrogens with one attached hydrogen (secondary N) is 1. The van der Waals surface area contributed by atoms with Crippen LogP contribution in [0.15, 0.2) is 47.5 Å². The minimum atomic E-state index is 0. The summed E-state index contributed by atoms with van der Waals surface area (Å²) >= 11 is 0. The van der Waals surface area contributed by atoms with Gasteiger partial charge in [0.05, 0.1) is 14.2 Å². The summed E-state index contributed by atoms with van der Waals surface area (Å²) in [5.41, 5.74) is 3.49. The monoisotopic (exact) mass is 566 g/mol. The van der Waals surface area contributed by atoms with Crippen LogP contribution in [0.3, 0.4) is 0 Å². The number of carbonyl (C=O) groups is 1. The van der Waals surface area contributed by atoms with Gasteiger partial charge in [0.2, 0.25) is 5.91 Å². The summed E-state index contributed by atoms with van der Waals surface area (Å²) in [6.45, 7) is 2.29. The number of likely N-dealkylation sites (N-methyl/N-ethyl adjacent to an activating group) is 1. The smallest absolute Gasteiger partial charge is 0.227 e. The number of amides is 1. The lowest BCUT2D eigenvalue weighted by Crippen LogP contribution is -2.40. The maximum atomic E-state index is 12.7. The zero-order chi connectivity index (χ0) is 22.9. The van der Waals surface area contributed by atoms with Crippen molar-refractivity contribution >= 4 is 41.5 Å². The fourth-order valence-corrected chi connectivity index (χ4v) is 4.00. The minimum Gasteiger partial charge on any atom is -0.493 e. The highest BCUT2D eigenvalue weighted by molar-refractivity contribution is 14.0. The van der Waals surface area contributed by atoms with Gasteiger partial charge in [0, 0.05) is 45.8 Å². The van der Waals surface area contributed by atoms with Gasteiger partial charge in [-0.05, 0) is 48.6 Å². The molecule has 0 bridgehead atoms. The number of aliphatic imine (C=N–C) groups is 1. The maximum Gasteiger partial charge on any atom is 0.227 e. The highest BCUT2D eigenvalue weighted by Crippen LogP contribution is 2.28. The molecule has 0 aromatic heterocycles. The molecule has 8 heteroatoms. The summed E-state index contributed by atoms with van der Waals surface area (Å²) in [6.07, 6.45) is 3.08. The Bertz CT molecular complexity index is 951. The van der Waals surface area contributed by atoms with E-state index in [1.54, 1.807) is 21.3 Å². The van der Waals surface area contributed by atoms with E-state index in [4.69, 9.17) is 9.47 Å². The van der Waals surface area contributed by atoms with Crippen LogP contribution in [0, 0.1) is 0 Å². The van der Waals surface area contributed by atoms with Crippen LogP contribution >= 0.6 is 24.0 Å². The third-order valence-electron chi connectivity index (χ3n) is 5.80. The first-order valence-electron chi connectivity index (χ1n) is 11.1. The average molecular weight is 566 g/mol. The van der Waals surface area contributed by atoms with Crippen LogP contribution in [0.1, 0.15) is 24.0 Å². The molecule has 0 saturated carbocycles. The predicted molar refractivity (Wildman–Crippen MR) is 144 cm³/mol. The van der Waals surface area contributed by atoms with Crippen molar-refractivity contribution in [1.29, 1.82) is 0 Å². The molecule has 0 spiro atoms. The molecule has 2 aromatic rings. The molecule has 1 aliphatic heterocycles. The number of fused-ring (bicyclic) bond motifs is 1. The van der Waals surface area contributed by atoms with E-state index in [-0.39, 0.29) is 29.9 Å². The number of hydrogen-bond acceptors (Lipinski definition) is 4. The molecule has 1 heterocycles. The summed E-state index contributed by atoms with van der Waals surface area (Å²) < 4.78 is 10.7. The van der Waals surface area contributed by atoms with Crippen molar-refractivity contribution in [2.45, 2.75) is 25.7 Å². The van der Waals surface area contributed by atoms with Gasteiger partial charge < -0.3 is 24.6 Å². The van der Waals surface area contributed by atoms with Gasteiger partial charge in [-0.2, -0.15) is 0 Å².